The van der Waals surface area contributed by atoms with Gasteiger partial charge in [0.15, 0.2) is 0 Å². The van der Waals surface area contributed by atoms with Crippen LogP contribution in [-0.2, 0) is 9.59 Å². The van der Waals surface area contributed by atoms with Gasteiger partial charge in [-0.05, 0) is 53.9 Å². The summed E-state index contributed by atoms with van der Waals surface area (Å²) in [4.78, 5) is 28.2. The van der Waals surface area contributed by atoms with Gasteiger partial charge in [0.2, 0.25) is 11.8 Å². The van der Waals surface area contributed by atoms with Crippen LogP contribution in [0.4, 0.5) is 0 Å². The minimum absolute atomic E-state index is 0.0768. The molecule has 6 heteroatoms. The number of hydrogen-bond donors (Lipinski definition) is 2. The molecule has 2 N–H and O–H groups in total. The summed E-state index contributed by atoms with van der Waals surface area (Å²) in [6.07, 6.45) is 3.28. The van der Waals surface area contributed by atoms with Gasteiger partial charge in [0.1, 0.15) is 0 Å². The monoisotopic (exact) mass is 312 g/mol. The van der Waals surface area contributed by atoms with Gasteiger partial charge in [0.05, 0.1) is 0 Å². The van der Waals surface area contributed by atoms with Crippen molar-refractivity contribution in [1.82, 2.24) is 20.4 Å². The molecule has 0 radical (unpaired) electrons. The highest BCUT2D eigenvalue weighted by molar-refractivity contribution is 5.81. The number of amides is 2. The van der Waals surface area contributed by atoms with Crippen molar-refractivity contribution in [2.75, 3.05) is 54.4 Å². The molecule has 2 amide bonds. The Bertz CT molecular complexity index is 316. The molecule has 6 nitrogen and oxygen atoms in total. The molecule has 0 aromatic carbocycles. The van der Waals surface area contributed by atoms with E-state index >= 15 is 0 Å². The zero-order valence-electron chi connectivity index (χ0n) is 14.5. The van der Waals surface area contributed by atoms with Crippen LogP contribution in [0.5, 0.6) is 0 Å². The summed E-state index contributed by atoms with van der Waals surface area (Å²) in [5.74, 6) is 0.447. The molecule has 22 heavy (non-hydrogen) atoms. The van der Waals surface area contributed by atoms with Gasteiger partial charge in [0.25, 0.3) is 0 Å². The zero-order valence-corrected chi connectivity index (χ0v) is 14.5. The molecule has 0 aliphatic heterocycles. The summed E-state index contributed by atoms with van der Waals surface area (Å²) in [6.45, 7) is 3.10. The molecule has 0 aromatic rings. The molecule has 0 spiro atoms. The molecule has 1 rings (SSSR count). The van der Waals surface area contributed by atoms with Crippen molar-refractivity contribution < 1.29 is 9.59 Å². The predicted molar refractivity (Wildman–Crippen MR) is 88.6 cm³/mol. The Kier molecular flexibility index (Phi) is 8.42. The molecule has 1 saturated carbocycles. The van der Waals surface area contributed by atoms with Gasteiger partial charge in [-0.2, -0.15) is 0 Å². The van der Waals surface area contributed by atoms with Crippen LogP contribution in [0.2, 0.25) is 0 Å². The van der Waals surface area contributed by atoms with Crippen LogP contribution in [0.1, 0.15) is 25.7 Å². The van der Waals surface area contributed by atoms with E-state index in [1.807, 2.05) is 28.2 Å². The summed E-state index contributed by atoms with van der Waals surface area (Å²) in [7, 11) is 7.97. The Morgan fingerprint density at radius 2 is 1.09 bits per heavy atom. The number of rotatable bonds is 8. The Labute approximate surface area is 134 Å². The predicted octanol–water partition coefficient (Wildman–Crippen LogP) is 0.148. The summed E-state index contributed by atoms with van der Waals surface area (Å²) in [5.41, 5.74) is 0. The molecule has 0 atom stereocenters. The number of carbonyl (C=O) groups excluding carboxylic acids is 2. The molecule has 1 aliphatic carbocycles. The van der Waals surface area contributed by atoms with Crippen molar-refractivity contribution in [2.24, 2.45) is 11.8 Å². The van der Waals surface area contributed by atoms with E-state index in [2.05, 4.69) is 20.4 Å². The normalized spacial score (nSPS) is 21.9. The molecule has 1 aliphatic rings. The second-order valence-electron chi connectivity index (χ2n) is 6.74. The number of hydrogen-bond acceptors (Lipinski definition) is 4. The van der Waals surface area contributed by atoms with Crippen molar-refractivity contribution >= 4 is 11.8 Å². The number of nitrogens with one attached hydrogen (secondary N) is 2. The van der Waals surface area contributed by atoms with Crippen LogP contribution in [-0.4, -0.2) is 76.0 Å². The van der Waals surface area contributed by atoms with E-state index < -0.39 is 0 Å². The number of likely N-dealkylation sites (N-methyl/N-ethyl adjacent to an activating group) is 2. The largest absolute Gasteiger partial charge is 0.355 e. The Morgan fingerprint density at radius 3 is 1.36 bits per heavy atom. The van der Waals surface area contributed by atoms with Crippen LogP contribution in [0.3, 0.4) is 0 Å². The summed E-state index contributed by atoms with van der Waals surface area (Å²) >= 11 is 0. The van der Waals surface area contributed by atoms with Crippen LogP contribution >= 0.6 is 0 Å². The minimum atomic E-state index is 0.0768. The van der Waals surface area contributed by atoms with Gasteiger partial charge in [-0.1, -0.05) is 0 Å². The lowest BCUT2D eigenvalue weighted by molar-refractivity contribution is -0.130. The lowest BCUT2D eigenvalue weighted by Crippen LogP contribution is -2.40. The molecule has 0 heterocycles. The molecule has 0 unspecified atom stereocenters. The van der Waals surface area contributed by atoms with E-state index in [4.69, 9.17) is 0 Å². The average Bonchev–Trinajstić information content (AvgIpc) is 2.46. The van der Waals surface area contributed by atoms with Crippen molar-refractivity contribution in [1.29, 1.82) is 0 Å². The van der Waals surface area contributed by atoms with Crippen molar-refractivity contribution in [3.05, 3.63) is 0 Å². The van der Waals surface area contributed by atoms with Crippen LogP contribution in [0.15, 0.2) is 0 Å². The SMILES string of the molecule is CN(C)CCNC(=O)C1CCC(C(=O)NCCN(C)C)CC1. The van der Waals surface area contributed by atoms with Crippen LogP contribution < -0.4 is 10.6 Å². The topological polar surface area (TPSA) is 64.7 Å². The first-order valence-corrected chi connectivity index (χ1v) is 8.25. The van der Waals surface area contributed by atoms with Crippen molar-refractivity contribution in [3.63, 3.8) is 0 Å². The molecule has 0 bridgehead atoms. The van der Waals surface area contributed by atoms with E-state index in [1.165, 1.54) is 0 Å². The highest BCUT2D eigenvalue weighted by atomic mass is 16.2. The van der Waals surface area contributed by atoms with Gasteiger partial charge < -0.3 is 20.4 Å². The van der Waals surface area contributed by atoms with Crippen LogP contribution in [0.25, 0.3) is 0 Å². The van der Waals surface area contributed by atoms with Gasteiger partial charge in [-0.3, -0.25) is 9.59 Å². The second-order valence-corrected chi connectivity index (χ2v) is 6.74. The zero-order chi connectivity index (χ0) is 16.5. The molecular weight excluding hydrogens is 280 g/mol. The lowest BCUT2D eigenvalue weighted by atomic mass is 9.81. The van der Waals surface area contributed by atoms with E-state index in [9.17, 15) is 9.59 Å². The van der Waals surface area contributed by atoms with Gasteiger partial charge in [-0.25, -0.2) is 0 Å². The standard InChI is InChI=1S/C16H32N4O2/c1-19(2)11-9-17-15(21)13-5-7-14(8-6-13)16(22)18-10-12-20(3)4/h13-14H,5-12H2,1-4H3,(H,17,21)(H,18,22). The highest BCUT2D eigenvalue weighted by Gasteiger charge is 2.29. The third kappa shape index (κ3) is 7.22. The van der Waals surface area contributed by atoms with E-state index in [-0.39, 0.29) is 23.7 Å². The maximum Gasteiger partial charge on any atom is 0.223 e. The number of nitrogens with zero attached hydrogens (tertiary/aromatic N) is 2. The molecule has 0 saturated heterocycles. The van der Waals surface area contributed by atoms with E-state index in [0.717, 1.165) is 38.8 Å². The highest BCUT2D eigenvalue weighted by Crippen LogP contribution is 2.28. The first-order chi connectivity index (χ1) is 10.4. The Morgan fingerprint density at radius 1 is 0.773 bits per heavy atom. The summed E-state index contributed by atoms with van der Waals surface area (Å²) in [5, 5.41) is 5.98. The fourth-order valence-electron chi connectivity index (χ4n) is 2.71. The maximum atomic E-state index is 12.1. The third-order valence-corrected chi connectivity index (χ3v) is 4.19. The molecule has 0 aromatic heterocycles. The first kappa shape index (κ1) is 18.9. The second kappa shape index (κ2) is 9.79. The van der Waals surface area contributed by atoms with Gasteiger partial charge in [-0.15, -0.1) is 0 Å². The summed E-state index contributed by atoms with van der Waals surface area (Å²) in [6, 6.07) is 0. The average molecular weight is 312 g/mol. The fraction of sp³-hybridized carbons (Fsp3) is 0.875. The summed E-state index contributed by atoms with van der Waals surface area (Å²) < 4.78 is 0. The number of carbonyl (C=O) groups is 2. The van der Waals surface area contributed by atoms with Crippen molar-refractivity contribution in [3.8, 4) is 0 Å². The lowest BCUT2D eigenvalue weighted by Gasteiger charge is -2.27. The minimum Gasteiger partial charge on any atom is -0.355 e. The molecule has 1 fully saturated rings. The van der Waals surface area contributed by atoms with Gasteiger partial charge in [0, 0.05) is 38.0 Å². The first-order valence-electron chi connectivity index (χ1n) is 8.25. The maximum absolute atomic E-state index is 12.1. The van der Waals surface area contributed by atoms with E-state index in [0.29, 0.717) is 13.1 Å². The Balaban J connectivity index is 2.22. The quantitative estimate of drug-likeness (QED) is 0.670. The fourth-order valence-corrected chi connectivity index (χ4v) is 2.71. The third-order valence-electron chi connectivity index (χ3n) is 4.19. The smallest absolute Gasteiger partial charge is 0.223 e. The van der Waals surface area contributed by atoms with Crippen molar-refractivity contribution in [2.45, 2.75) is 25.7 Å². The van der Waals surface area contributed by atoms with Crippen LogP contribution in [0, 0.1) is 11.8 Å². The van der Waals surface area contributed by atoms with E-state index in [1.54, 1.807) is 0 Å². The van der Waals surface area contributed by atoms with Gasteiger partial charge >= 0.3 is 0 Å². The molecule has 128 valence electrons. The molecular formula is C16H32N4O2. The Hall–Kier alpha value is -1.14.